The van der Waals surface area contributed by atoms with Crippen LogP contribution in [0.15, 0.2) is 0 Å². The van der Waals surface area contributed by atoms with Gasteiger partial charge in [0.05, 0.1) is 5.97 Å². The monoisotopic (exact) mass is 131 g/mol. The van der Waals surface area contributed by atoms with Crippen LogP contribution in [0.3, 0.4) is 0 Å². The quantitative estimate of drug-likeness (QED) is 0.422. The Morgan fingerprint density at radius 1 is 1.44 bits per heavy atom. The second kappa shape index (κ2) is 3.03. The SMILES string of the molecule is NC(CC(=O)[O-])C(=O)[O-]. The van der Waals surface area contributed by atoms with Crippen LogP contribution in [0.25, 0.3) is 0 Å². The molecule has 0 saturated heterocycles. The van der Waals surface area contributed by atoms with Crippen LogP contribution in [0.1, 0.15) is 6.42 Å². The lowest BCUT2D eigenvalue weighted by Crippen LogP contribution is -2.45. The molecule has 5 nitrogen and oxygen atoms in total. The third-order valence-electron chi connectivity index (χ3n) is 0.689. The van der Waals surface area contributed by atoms with Crippen molar-refractivity contribution in [1.82, 2.24) is 0 Å². The largest absolute Gasteiger partial charge is 0.550 e. The Kier molecular flexibility index (Phi) is 2.66. The average Bonchev–Trinajstić information content (AvgIpc) is 1.63. The molecule has 0 radical (unpaired) electrons. The molecular formula is C4H5NO4-2. The van der Waals surface area contributed by atoms with E-state index in [1.54, 1.807) is 0 Å². The Hall–Kier alpha value is -1.10. The van der Waals surface area contributed by atoms with Crippen molar-refractivity contribution < 1.29 is 19.8 Å². The van der Waals surface area contributed by atoms with E-state index in [2.05, 4.69) is 0 Å². The highest BCUT2D eigenvalue weighted by Gasteiger charge is 2.01. The molecule has 0 heterocycles. The molecule has 0 saturated carbocycles. The van der Waals surface area contributed by atoms with Gasteiger partial charge in [0.25, 0.3) is 0 Å². The van der Waals surface area contributed by atoms with Crippen molar-refractivity contribution in [2.75, 3.05) is 0 Å². The Morgan fingerprint density at radius 3 is 2.00 bits per heavy atom. The second-order valence-electron chi connectivity index (χ2n) is 1.50. The van der Waals surface area contributed by atoms with Crippen LogP contribution >= 0.6 is 0 Å². The summed E-state index contributed by atoms with van der Waals surface area (Å²) in [6.45, 7) is 0. The van der Waals surface area contributed by atoms with Gasteiger partial charge in [0.1, 0.15) is 0 Å². The molecule has 0 spiro atoms. The number of aliphatic carboxylic acids is 2. The van der Waals surface area contributed by atoms with E-state index in [4.69, 9.17) is 5.73 Å². The molecule has 1 atom stereocenters. The van der Waals surface area contributed by atoms with Crippen molar-refractivity contribution in [1.29, 1.82) is 0 Å². The molecule has 1 unspecified atom stereocenters. The van der Waals surface area contributed by atoms with Gasteiger partial charge >= 0.3 is 0 Å². The molecule has 52 valence electrons. The van der Waals surface area contributed by atoms with Crippen molar-refractivity contribution >= 4 is 11.9 Å². The number of carbonyl (C=O) groups excluding carboxylic acids is 2. The maximum Gasteiger partial charge on any atom is 0.0586 e. The van der Waals surface area contributed by atoms with Gasteiger partial charge in [0.2, 0.25) is 0 Å². The topological polar surface area (TPSA) is 106 Å². The number of hydrogen-bond donors (Lipinski definition) is 1. The fraction of sp³-hybridized carbons (Fsp3) is 0.500. The molecule has 0 amide bonds. The third-order valence-corrected chi connectivity index (χ3v) is 0.689. The van der Waals surface area contributed by atoms with Gasteiger partial charge in [0, 0.05) is 18.4 Å². The first kappa shape index (κ1) is 7.90. The fourth-order valence-electron chi connectivity index (χ4n) is 0.263. The van der Waals surface area contributed by atoms with Crippen molar-refractivity contribution in [3.63, 3.8) is 0 Å². The summed E-state index contributed by atoms with van der Waals surface area (Å²) in [6.07, 6.45) is -0.706. The first-order valence-electron chi connectivity index (χ1n) is 2.20. The van der Waals surface area contributed by atoms with Gasteiger partial charge in [-0.3, -0.25) is 0 Å². The predicted molar refractivity (Wildman–Crippen MR) is 22.6 cm³/mol. The highest BCUT2D eigenvalue weighted by molar-refractivity contribution is 5.77. The van der Waals surface area contributed by atoms with Crippen molar-refractivity contribution in [2.45, 2.75) is 12.5 Å². The van der Waals surface area contributed by atoms with Gasteiger partial charge in [-0.05, 0) is 0 Å². The standard InChI is InChI=1S/C4H7NO4/c5-2(4(8)9)1-3(6)7/h2H,1,5H2,(H,6,7)(H,8,9)/p-2. The molecule has 9 heavy (non-hydrogen) atoms. The predicted octanol–water partition coefficient (Wildman–Crippen LogP) is -3.80. The number of rotatable bonds is 3. The van der Waals surface area contributed by atoms with E-state index in [1.807, 2.05) is 0 Å². The van der Waals surface area contributed by atoms with Crippen LogP contribution in [0.5, 0.6) is 0 Å². The van der Waals surface area contributed by atoms with E-state index in [-0.39, 0.29) is 0 Å². The lowest BCUT2D eigenvalue weighted by Gasteiger charge is -2.11. The number of hydrogen-bond acceptors (Lipinski definition) is 5. The molecular weight excluding hydrogens is 126 g/mol. The number of nitrogens with two attached hydrogens (primary N) is 1. The van der Waals surface area contributed by atoms with Crippen LogP contribution in [0.4, 0.5) is 0 Å². The summed E-state index contributed by atoms with van der Waals surface area (Å²) in [5, 5.41) is 19.3. The summed E-state index contributed by atoms with van der Waals surface area (Å²) in [7, 11) is 0. The van der Waals surface area contributed by atoms with Crippen LogP contribution in [0, 0.1) is 0 Å². The van der Waals surface area contributed by atoms with Gasteiger partial charge < -0.3 is 25.5 Å². The van der Waals surface area contributed by atoms with Gasteiger partial charge in [-0.25, -0.2) is 0 Å². The van der Waals surface area contributed by atoms with E-state index in [0.717, 1.165) is 0 Å². The summed E-state index contributed by atoms with van der Waals surface area (Å²) in [6, 6.07) is -1.46. The second-order valence-corrected chi connectivity index (χ2v) is 1.50. The Labute approximate surface area is 51.1 Å². The van der Waals surface area contributed by atoms with Crippen LogP contribution in [-0.2, 0) is 9.59 Å². The van der Waals surface area contributed by atoms with Crippen LogP contribution in [-0.4, -0.2) is 18.0 Å². The molecule has 0 aromatic rings. The Morgan fingerprint density at radius 2 is 1.89 bits per heavy atom. The zero-order valence-electron chi connectivity index (χ0n) is 4.49. The summed E-state index contributed by atoms with van der Waals surface area (Å²) >= 11 is 0. The fourth-order valence-corrected chi connectivity index (χ4v) is 0.263. The molecule has 0 aromatic heterocycles. The normalized spacial score (nSPS) is 12.6. The summed E-state index contributed by atoms with van der Waals surface area (Å²) in [5.74, 6) is -3.08. The van der Waals surface area contributed by atoms with Gasteiger partial charge in [-0.1, -0.05) is 0 Å². The minimum Gasteiger partial charge on any atom is -0.550 e. The van der Waals surface area contributed by atoms with Gasteiger partial charge in [0.15, 0.2) is 0 Å². The van der Waals surface area contributed by atoms with E-state index < -0.39 is 24.4 Å². The molecule has 2 N–H and O–H groups in total. The molecule has 5 heteroatoms. The maximum atomic E-state index is 9.71. The summed E-state index contributed by atoms with van der Waals surface area (Å²) < 4.78 is 0. The molecule has 0 aliphatic rings. The Bertz CT molecular complexity index is 133. The van der Waals surface area contributed by atoms with E-state index in [9.17, 15) is 19.8 Å². The highest BCUT2D eigenvalue weighted by atomic mass is 16.4. The zero-order chi connectivity index (χ0) is 7.44. The molecule has 0 aromatic carbocycles. The summed E-state index contributed by atoms with van der Waals surface area (Å²) in [4.78, 5) is 19.3. The number of carboxylic acids is 2. The minimum absolute atomic E-state index is 0.706. The summed E-state index contributed by atoms with van der Waals surface area (Å²) in [5.41, 5.74) is 4.73. The lowest BCUT2D eigenvalue weighted by atomic mass is 10.2. The number of carboxylic acid groups (broad SMARTS) is 2. The molecule has 0 aliphatic carbocycles. The van der Waals surface area contributed by atoms with Crippen LogP contribution in [0.2, 0.25) is 0 Å². The van der Waals surface area contributed by atoms with E-state index >= 15 is 0 Å². The Balaban J connectivity index is 3.63. The smallest absolute Gasteiger partial charge is 0.0586 e. The van der Waals surface area contributed by atoms with Crippen molar-refractivity contribution in [3.8, 4) is 0 Å². The van der Waals surface area contributed by atoms with Gasteiger partial charge in [-0.15, -0.1) is 0 Å². The highest BCUT2D eigenvalue weighted by Crippen LogP contribution is 1.81. The third kappa shape index (κ3) is 3.48. The zero-order valence-corrected chi connectivity index (χ0v) is 4.49. The van der Waals surface area contributed by atoms with Crippen molar-refractivity contribution in [2.24, 2.45) is 5.73 Å². The molecule has 0 bridgehead atoms. The number of carbonyl (C=O) groups is 2. The van der Waals surface area contributed by atoms with Crippen LogP contribution < -0.4 is 15.9 Å². The lowest BCUT2D eigenvalue weighted by molar-refractivity contribution is -0.316. The maximum absolute atomic E-state index is 9.71. The molecule has 0 rings (SSSR count). The molecule has 0 fully saturated rings. The first-order valence-corrected chi connectivity index (χ1v) is 2.20. The molecule has 0 aliphatic heterocycles. The van der Waals surface area contributed by atoms with Crippen molar-refractivity contribution in [3.05, 3.63) is 0 Å². The average molecular weight is 131 g/mol. The first-order chi connectivity index (χ1) is 4.04. The van der Waals surface area contributed by atoms with E-state index in [1.165, 1.54) is 0 Å². The van der Waals surface area contributed by atoms with Gasteiger partial charge in [-0.2, -0.15) is 0 Å². The van der Waals surface area contributed by atoms with E-state index in [0.29, 0.717) is 0 Å². The minimum atomic E-state index is -1.58.